The molecule has 0 bridgehead atoms. The van der Waals surface area contributed by atoms with Crippen molar-refractivity contribution in [2.75, 3.05) is 19.2 Å². The van der Waals surface area contributed by atoms with E-state index < -0.39 is 6.04 Å². The molecule has 0 saturated carbocycles. The minimum atomic E-state index is -0.398. The third kappa shape index (κ3) is 2.03. The van der Waals surface area contributed by atoms with Crippen molar-refractivity contribution < 1.29 is 19.0 Å². The number of hydrogen-bond donors (Lipinski definition) is 1. The molecule has 0 aromatic heterocycles. The van der Waals surface area contributed by atoms with Gasteiger partial charge in [-0.3, -0.25) is 0 Å². The Morgan fingerprint density at radius 3 is 2.94 bits per heavy atom. The molecule has 1 aliphatic rings. The Morgan fingerprint density at radius 1 is 1.44 bits per heavy atom. The van der Waals surface area contributed by atoms with Gasteiger partial charge in [0.2, 0.25) is 6.79 Å². The summed E-state index contributed by atoms with van der Waals surface area (Å²) in [5.74, 6) is 1.09. The van der Waals surface area contributed by atoms with Crippen LogP contribution in [-0.2, 0) is 9.53 Å². The average molecular weight is 223 g/mol. The first-order valence-corrected chi connectivity index (χ1v) is 4.94. The SMILES string of the molecule is COC(=O)C(C)Nc1ccc2c(c1)OCO2. The first-order chi connectivity index (χ1) is 7.70. The highest BCUT2D eigenvalue weighted by Crippen LogP contribution is 2.34. The highest BCUT2D eigenvalue weighted by Gasteiger charge is 2.16. The van der Waals surface area contributed by atoms with Gasteiger partial charge in [0, 0.05) is 11.8 Å². The average Bonchev–Trinajstić information content (AvgIpc) is 2.75. The molecular weight excluding hydrogens is 210 g/mol. The topological polar surface area (TPSA) is 56.8 Å². The van der Waals surface area contributed by atoms with E-state index in [1.807, 2.05) is 6.07 Å². The highest BCUT2D eigenvalue weighted by molar-refractivity contribution is 5.78. The molecule has 1 aromatic rings. The van der Waals surface area contributed by atoms with Gasteiger partial charge in [0.05, 0.1) is 7.11 Å². The molecule has 5 heteroatoms. The Hall–Kier alpha value is -1.91. The van der Waals surface area contributed by atoms with Crippen LogP contribution in [0.1, 0.15) is 6.92 Å². The van der Waals surface area contributed by atoms with E-state index in [2.05, 4.69) is 10.1 Å². The van der Waals surface area contributed by atoms with E-state index in [-0.39, 0.29) is 12.8 Å². The minimum Gasteiger partial charge on any atom is -0.467 e. The second-order valence-electron chi connectivity index (χ2n) is 3.46. The summed E-state index contributed by atoms with van der Waals surface area (Å²) in [7, 11) is 1.36. The Kier molecular flexibility index (Phi) is 2.85. The molecule has 1 heterocycles. The molecule has 1 aliphatic heterocycles. The molecule has 86 valence electrons. The Bertz CT molecular complexity index is 405. The molecule has 1 N–H and O–H groups in total. The number of esters is 1. The maximum absolute atomic E-state index is 11.2. The van der Waals surface area contributed by atoms with E-state index >= 15 is 0 Å². The third-order valence-electron chi connectivity index (χ3n) is 2.31. The molecule has 1 unspecified atom stereocenters. The van der Waals surface area contributed by atoms with Crippen molar-refractivity contribution >= 4 is 11.7 Å². The van der Waals surface area contributed by atoms with Gasteiger partial charge in [-0.05, 0) is 19.1 Å². The van der Waals surface area contributed by atoms with Gasteiger partial charge in [-0.15, -0.1) is 0 Å². The fourth-order valence-electron chi connectivity index (χ4n) is 1.47. The molecule has 0 fully saturated rings. The van der Waals surface area contributed by atoms with E-state index in [0.29, 0.717) is 5.75 Å². The summed E-state index contributed by atoms with van der Waals surface area (Å²) in [5, 5.41) is 3.01. The zero-order valence-corrected chi connectivity index (χ0v) is 9.15. The van der Waals surface area contributed by atoms with Crippen molar-refractivity contribution in [2.24, 2.45) is 0 Å². The monoisotopic (exact) mass is 223 g/mol. The number of rotatable bonds is 3. The molecule has 0 aliphatic carbocycles. The lowest BCUT2D eigenvalue weighted by molar-refractivity contribution is -0.141. The molecule has 0 spiro atoms. The number of carbonyl (C=O) groups excluding carboxylic acids is 1. The van der Waals surface area contributed by atoms with Crippen LogP contribution < -0.4 is 14.8 Å². The van der Waals surface area contributed by atoms with Crippen LogP contribution in [0.25, 0.3) is 0 Å². The minimum absolute atomic E-state index is 0.241. The number of anilines is 1. The molecule has 2 rings (SSSR count). The fraction of sp³-hybridized carbons (Fsp3) is 0.364. The molecule has 0 saturated heterocycles. The summed E-state index contributed by atoms with van der Waals surface area (Å²) in [6.45, 7) is 1.97. The molecular formula is C11H13NO4. The number of carbonyl (C=O) groups is 1. The normalized spacial score (nSPS) is 14.4. The lowest BCUT2D eigenvalue weighted by Crippen LogP contribution is -2.27. The lowest BCUT2D eigenvalue weighted by atomic mass is 10.2. The quantitative estimate of drug-likeness (QED) is 0.785. The van der Waals surface area contributed by atoms with Gasteiger partial charge in [-0.1, -0.05) is 0 Å². The number of nitrogens with one attached hydrogen (secondary N) is 1. The van der Waals surface area contributed by atoms with E-state index in [9.17, 15) is 4.79 Å². The van der Waals surface area contributed by atoms with Crippen molar-refractivity contribution in [3.05, 3.63) is 18.2 Å². The van der Waals surface area contributed by atoms with E-state index in [1.54, 1.807) is 19.1 Å². The Morgan fingerprint density at radius 2 is 2.19 bits per heavy atom. The van der Waals surface area contributed by atoms with Crippen molar-refractivity contribution in [3.63, 3.8) is 0 Å². The Balaban J connectivity index is 2.08. The standard InChI is InChI=1S/C11H13NO4/c1-7(11(13)14-2)12-8-3-4-9-10(5-8)16-6-15-9/h3-5,7,12H,6H2,1-2H3. The van der Waals surface area contributed by atoms with Crippen LogP contribution in [0.4, 0.5) is 5.69 Å². The molecule has 16 heavy (non-hydrogen) atoms. The Labute approximate surface area is 93.3 Å². The number of methoxy groups -OCH3 is 1. The number of benzene rings is 1. The second kappa shape index (κ2) is 4.30. The van der Waals surface area contributed by atoms with Gasteiger partial charge in [-0.2, -0.15) is 0 Å². The maximum atomic E-state index is 11.2. The van der Waals surface area contributed by atoms with Gasteiger partial charge >= 0.3 is 5.97 Å². The van der Waals surface area contributed by atoms with Gasteiger partial charge in [0.25, 0.3) is 0 Å². The van der Waals surface area contributed by atoms with E-state index in [4.69, 9.17) is 9.47 Å². The van der Waals surface area contributed by atoms with Crippen molar-refractivity contribution in [2.45, 2.75) is 13.0 Å². The fourth-order valence-corrected chi connectivity index (χ4v) is 1.47. The van der Waals surface area contributed by atoms with Crippen LogP contribution >= 0.6 is 0 Å². The van der Waals surface area contributed by atoms with E-state index in [1.165, 1.54) is 7.11 Å². The molecule has 1 atom stereocenters. The van der Waals surface area contributed by atoms with Crippen LogP contribution in [-0.4, -0.2) is 25.9 Å². The summed E-state index contributed by atoms with van der Waals surface area (Å²) in [6.07, 6.45) is 0. The predicted molar refractivity (Wildman–Crippen MR) is 57.7 cm³/mol. The van der Waals surface area contributed by atoms with Crippen LogP contribution in [0, 0.1) is 0 Å². The number of fused-ring (bicyclic) bond motifs is 1. The summed E-state index contributed by atoms with van der Waals surface area (Å²) < 4.78 is 15.0. The number of ether oxygens (including phenoxy) is 3. The van der Waals surface area contributed by atoms with E-state index in [0.717, 1.165) is 11.4 Å². The van der Waals surface area contributed by atoms with Crippen molar-refractivity contribution in [1.82, 2.24) is 0 Å². The first kappa shape index (κ1) is 10.6. The lowest BCUT2D eigenvalue weighted by Gasteiger charge is -2.12. The maximum Gasteiger partial charge on any atom is 0.327 e. The predicted octanol–water partition coefficient (Wildman–Crippen LogP) is 1.39. The van der Waals surface area contributed by atoms with Gasteiger partial charge in [0.1, 0.15) is 6.04 Å². The van der Waals surface area contributed by atoms with Crippen LogP contribution in [0.15, 0.2) is 18.2 Å². The second-order valence-corrected chi connectivity index (χ2v) is 3.46. The zero-order chi connectivity index (χ0) is 11.5. The summed E-state index contributed by atoms with van der Waals surface area (Å²) in [5.41, 5.74) is 0.794. The summed E-state index contributed by atoms with van der Waals surface area (Å²) in [4.78, 5) is 11.2. The van der Waals surface area contributed by atoms with Crippen LogP contribution in [0.2, 0.25) is 0 Å². The summed E-state index contributed by atoms with van der Waals surface area (Å²) in [6, 6.07) is 5.02. The molecule has 0 amide bonds. The van der Waals surface area contributed by atoms with Gasteiger partial charge < -0.3 is 19.5 Å². The third-order valence-corrected chi connectivity index (χ3v) is 2.31. The van der Waals surface area contributed by atoms with Crippen molar-refractivity contribution in [1.29, 1.82) is 0 Å². The number of hydrogen-bond acceptors (Lipinski definition) is 5. The van der Waals surface area contributed by atoms with Crippen LogP contribution in [0.5, 0.6) is 11.5 Å². The van der Waals surface area contributed by atoms with Crippen LogP contribution in [0.3, 0.4) is 0 Å². The largest absolute Gasteiger partial charge is 0.467 e. The summed E-state index contributed by atoms with van der Waals surface area (Å²) >= 11 is 0. The zero-order valence-electron chi connectivity index (χ0n) is 9.15. The smallest absolute Gasteiger partial charge is 0.327 e. The van der Waals surface area contributed by atoms with Gasteiger partial charge in [-0.25, -0.2) is 4.79 Å². The highest BCUT2D eigenvalue weighted by atomic mass is 16.7. The first-order valence-electron chi connectivity index (χ1n) is 4.94. The molecule has 5 nitrogen and oxygen atoms in total. The molecule has 0 radical (unpaired) electrons. The van der Waals surface area contributed by atoms with Gasteiger partial charge in [0.15, 0.2) is 11.5 Å². The molecule has 1 aromatic carbocycles. The van der Waals surface area contributed by atoms with Crippen molar-refractivity contribution in [3.8, 4) is 11.5 Å².